The molecule has 4 heteroatoms. The molecule has 1 aromatic rings. The van der Waals surface area contributed by atoms with Crippen LogP contribution in [0, 0.1) is 5.82 Å². The Labute approximate surface area is 100 Å². The van der Waals surface area contributed by atoms with Gasteiger partial charge in [-0.15, -0.1) is 0 Å². The molecule has 1 fully saturated rings. The second-order valence-electron chi connectivity index (χ2n) is 4.46. The van der Waals surface area contributed by atoms with Crippen molar-refractivity contribution in [2.75, 3.05) is 17.2 Å². The molecule has 1 saturated heterocycles. The second-order valence-corrected chi connectivity index (χ2v) is 4.46. The number of halogens is 1. The van der Waals surface area contributed by atoms with Gasteiger partial charge in [0.05, 0.1) is 11.7 Å². The number of hydrogen-bond acceptors (Lipinski definition) is 3. The van der Waals surface area contributed by atoms with E-state index in [1.807, 2.05) is 4.90 Å². The van der Waals surface area contributed by atoms with E-state index in [-0.39, 0.29) is 11.9 Å². The van der Waals surface area contributed by atoms with E-state index in [1.54, 1.807) is 12.1 Å². The van der Waals surface area contributed by atoms with Gasteiger partial charge in [0, 0.05) is 12.2 Å². The van der Waals surface area contributed by atoms with Crippen LogP contribution in [0.25, 0.3) is 0 Å². The zero-order chi connectivity index (χ0) is 12.3. The zero-order valence-electron chi connectivity index (χ0n) is 9.73. The molecule has 0 aromatic heterocycles. The molecule has 0 bridgehead atoms. The molecule has 0 spiro atoms. The van der Waals surface area contributed by atoms with Crippen molar-refractivity contribution in [1.82, 2.24) is 0 Å². The number of nitrogens with zero attached hydrogens (tertiary/aromatic N) is 1. The topological polar surface area (TPSA) is 46.3 Å². The maximum absolute atomic E-state index is 13.8. The van der Waals surface area contributed by atoms with E-state index in [0.717, 1.165) is 38.5 Å². The summed E-state index contributed by atoms with van der Waals surface area (Å²) in [4.78, 5) is 12.9. The number of benzene rings is 1. The molecule has 0 aliphatic carbocycles. The van der Waals surface area contributed by atoms with Crippen LogP contribution in [-0.2, 0) is 4.79 Å². The molecule has 17 heavy (non-hydrogen) atoms. The van der Waals surface area contributed by atoms with Crippen LogP contribution in [0.1, 0.15) is 25.7 Å². The molecule has 0 saturated carbocycles. The first-order chi connectivity index (χ1) is 8.22. The molecule has 1 heterocycles. The van der Waals surface area contributed by atoms with Crippen molar-refractivity contribution in [3.05, 3.63) is 24.0 Å². The highest BCUT2D eigenvalue weighted by atomic mass is 19.1. The number of nitrogens with two attached hydrogens (primary N) is 1. The highest BCUT2D eigenvalue weighted by molar-refractivity contribution is 5.67. The minimum Gasteiger partial charge on any atom is -0.399 e. The summed E-state index contributed by atoms with van der Waals surface area (Å²) in [5.74, 6) is -0.348. The second kappa shape index (κ2) is 5.17. The third-order valence-electron chi connectivity index (χ3n) is 3.24. The standard InChI is InChI=1S/C13H17FN2O/c14-12-8-10(15)5-6-13(12)16-7-3-1-2-4-11(16)9-17/h5-6,8-9,11H,1-4,7,15H2. The van der Waals surface area contributed by atoms with Crippen molar-refractivity contribution in [2.24, 2.45) is 0 Å². The van der Waals surface area contributed by atoms with E-state index in [9.17, 15) is 9.18 Å². The number of nitrogen functional groups attached to an aromatic ring is 1. The van der Waals surface area contributed by atoms with Crippen molar-refractivity contribution < 1.29 is 9.18 Å². The average molecular weight is 236 g/mol. The Morgan fingerprint density at radius 3 is 2.88 bits per heavy atom. The third-order valence-corrected chi connectivity index (χ3v) is 3.24. The van der Waals surface area contributed by atoms with Gasteiger partial charge in [-0.25, -0.2) is 4.39 Å². The molecule has 3 nitrogen and oxygen atoms in total. The van der Waals surface area contributed by atoms with Crippen molar-refractivity contribution >= 4 is 17.7 Å². The Bertz CT molecular complexity index is 408. The predicted octanol–water partition coefficient (Wildman–Crippen LogP) is 2.36. The van der Waals surface area contributed by atoms with E-state index in [4.69, 9.17) is 5.73 Å². The van der Waals surface area contributed by atoms with Gasteiger partial charge in [-0.05, 0) is 31.0 Å². The zero-order valence-corrected chi connectivity index (χ0v) is 9.73. The molecule has 1 aliphatic rings. The minimum atomic E-state index is -0.348. The Morgan fingerprint density at radius 1 is 1.35 bits per heavy atom. The summed E-state index contributed by atoms with van der Waals surface area (Å²) in [5.41, 5.74) is 6.42. The monoisotopic (exact) mass is 236 g/mol. The summed E-state index contributed by atoms with van der Waals surface area (Å²) in [6, 6.07) is 4.43. The predicted molar refractivity (Wildman–Crippen MR) is 66.5 cm³/mol. The fourth-order valence-corrected chi connectivity index (χ4v) is 2.33. The molecule has 92 valence electrons. The number of rotatable bonds is 2. The summed E-state index contributed by atoms with van der Waals surface area (Å²) in [5, 5.41) is 0. The SMILES string of the molecule is Nc1ccc(N2CCCCCC2C=O)c(F)c1. The summed E-state index contributed by atoms with van der Waals surface area (Å²) in [6.45, 7) is 0.726. The maximum atomic E-state index is 13.8. The molecule has 1 aromatic carbocycles. The van der Waals surface area contributed by atoms with Gasteiger partial charge >= 0.3 is 0 Å². The Morgan fingerprint density at radius 2 is 2.18 bits per heavy atom. The molecular formula is C13H17FN2O. The van der Waals surface area contributed by atoms with E-state index >= 15 is 0 Å². The molecule has 1 atom stereocenters. The molecule has 1 unspecified atom stereocenters. The smallest absolute Gasteiger partial charge is 0.148 e. The van der Waals surface area contributed by atoms with Crippen molar-refractivity contribution in [1.29, 1.82) is 0 Å². The molecule has 2 rings (SSSR count). The van der Waals surface area contributed by atoms with Crippen LogP contribution in [-0.4, -0.2) is 18.9 Å². The van der Waals surface area contributed by atoms with Crippen molar-refractivity contribution in [3.63, 3.8) is 0 Å². The van der Waals surface area contributed by atoms with Crippen LogP contribution < -0.4 is 10.6 Å². The van der Waals surface area contributed by atoms with Crippen molar-refractivity contribution in [2.45, 2.75) is 31.7 Å². The lowest BCUT2D eigenvalue weighted by atomic mass is 10.1. The van der Waals surface area contributed by atoms with E-state index in [1.165, 1.54) is 6.07 Å². The van der Waals surface area contributed by atoms with Gasteiger partial charge in [-0.3, -0.25) is 0 Å². The lowest BCUT2D eigenvalue weighted by Gasteiger charge is -2.28. The fraction of sp³-hybridized carbons (Fsp3) is 0.462. The lowest BCUT2D eigenvalue weighted by Crippen LogP contribution is -2.36. The van der Waals surface area contributed by atoms with Crippen LogP contribution in [0.15, 0.2) is 18.2 Å². The van der Waals surface area contributed by atoms with Gasteiger partial charge in [0.25, 0.3) is 0 Å². The van der Waals surface area contributed by atoms with Gasteiger partial charge < -0.3 is 15.4 Å². The minimum absolute atomic E-state index is 0.212. The largest absolute Gasteiger partial charge is 0.399 e. The van der Waals surface area contributed by atoms with Crippen molar-refractivity contribution in [3.8, 4) is 0 Å². The highest BCUT2D eigenvalue weighted by Gasteiger charge is 2.22. The highest BCUT2D eigenvalue weighted by Crippen LogP contribution is 2.27. The molecular weight excluding hydrogens is 219 g/mol. The quantitative estimate of drug-likeness (QED) is 0.633. The van der Waals surface area contributed by atoms with E-state index in [0.29, 0.717) is 11.4 Å². The molecule has 2 N–H and O–H groups in total. The summed E-state index contributed by atoms with van der Waals surface area (Å²) in [6.07, 6.45) is 4.83. The van der Waals surface area contributed by atoms with Crippen LogP contribution in [0.3, 0.4) is 0 Å². The summed E-state index contributed by atoms with van der Waals surface area (Å²) < 4.78 is 13.8. The normalized spacial score (nSPS) is 21.0. The van der Waals surface area contributed by atoms with Gasteiger partial charge in [0.15, 0.2) is 0 Å². The fourth-order valence-electron chi connectivity index (χ4n) is 2.33. The number of hydrogen-bond donors (Lipinski definition) is 1. The molecule has 1 aliphatic heterocycles. The summed E-state index contributed by atoms with van der Waals surface area (Å²) >= 11 is 0. The number of anilines is 2. The van der Waals surface area contributed by atoms with Gasteiger partial charge in [-0.1, -0.05) is 12.8 Å². The van der Waals surface area contributed by atoms with Crippen LogP contribution in [0.5, 0.6) is 0 Å². The average Bonchev–Trinajstić information content (AvgIpc) is 2.54. The van der Waals surface area contributed by atoms with Gasteiger partial charge in [0.1, 0.15) is 12.1 Å². The van der Waals surface area contributed by atoms with E-state index in [2.05, 4.69) is 0 Å². The Balaban J connectivity index is 2.31. The Kier molecular flexibility index (Phi) is 3.61. The van der Waals surface area contributed by atoms with E-state index < -0.39 is 0 Å². The first-order valence-electron chi connectivity index (χ1n) is 5.99. The van der Waals surface area contributed by atoms with Crippen LogP contribution in [0.4, 0.5) is 15.8 Å². The third kappa shape index (κ3) is 2.57. The lowest BCUT2D eigenvalue weighted by molar-refractivity contribution is -0.109. The van der Waals surface area contributed by atoms with Crippen LogP contribution >= 0.6 is 0 Å². The number of carbonyl (C=O) groups is 1. The Hall–Kier alpha value is -1.58. The van der Waals surface area contributed by atoms with Gasteiger partial charge in [0.2, 0.25) is 0 Å². The van der Waals surface area contributed by atoms with Crippen LogP contribution in [0.2, 0.25) is 0 Å². The molecule has 0 radical (unpaired) electrons. The van der Waals surface area contributed by atoms with Gasteiger partial charge in [-0.2, -0.15) is 0 Å². The molecule has 0 amide bonds. The summed E-state index contributed by atoms with van der Waals surface area (Å²) in [7, 11) is 0. The first-order valence-corrected chi connectivity index (χ1v) is 5.99. The first kappa shape index (κ1) is 11.9. The number of carbonyl (C=O) groups excluding carboxylic acids is 1. The maximum Gasteiger partial charge on any atom is 0.148 e. The number of aldehydes is 1.